The van der Waals surface area contributed by atoms with Crippen LogP contribution >= 0.6 is 0 Å². The molecule has 0 aliphatic carbocycles. The summed E-state index contributed by atoms with van der Waals surface area (Å²) in [5, 5.41) is 9.53. The van der Waals surface area contributed by atoms with Gasteiger partial charge in [0, 0.05) is 0 Å². The molecule has 0 bridgehead atoms. The summed E-state index contributed by atoms with van der Waals surface area (Å²) in [6.45, 7) is 0. The summed E-state index contributed by atoms with van der Waals surface area (Å²) < 4.78 is 27.2. The molecule has 3 rings (SSSR count). The molecule has 0 atom stereocenters. The lowest BCUT2D eigenvalue weighted by Gasteiger charge is -2.09. The van der Waals surface area contributed by atoms with E-state index in [-0.39, 0.29) is 16.2 Å². The molecular formula is C14H12N4O4S. The van der Waals surface area contributed by atoms with Crippen molar-refractivity contribution in [1.29, 1.82) is 0 Å². The highest BCUT2D eigenvalue weighted by Gasteiger charge is 2.18. The van der Waals surface area contributed by atoms with Gasteiger partial charge in [-0.3, -0.25) is 9.52 Å². The van der Waals surface area contributed by atoms with Crippen LogP contribution in [0.5, 0.6) is 5.75 Å². The lowest BCUT2D eigenvalue weighted by molar-refractivity contribution is 0.0997. The van der Waals surface area contributed by atoms with Crippen molar-refractivity contribution in [3.05, 3.63) is 48.3 Å². The van der Waals surface area contributed by atoms with E-state index in [4.69, 9.17) is 5.73 Å². The molecule has 9 heteroatoms. The molecule has 23 heavy (non-hydrogen) atoms. The number of phenols is 1. The number of nitrogens with two attached hydrogens (primary N) is 1. The number of fused-ring (bicyclic) bond motifs is 1. The number of nitrogens with one attached hydrogen (secondary N) is 2. The number of rotatable bonds is 4. The Morgan fingerprint density at radius 3 is 2.74 bits per heavy atom. The fourth-order valence-corrected chi connectivity index (χ4v) is 3.17. The number of aromatic hydroxyl groups is 1. The van der Waals surface area contributed by atoms with Gasteiger partial charge < -0.3 is 15.8 Å². The molecule has 0 saturated heterocycles. The van der Waals surface area contributed by atoms with Crippen LogP contribution in [-0.4, -0.2) is 29.4 Å². The first-order valence-corrected chi connectivity index (χ1v) is 7.94. The highest BCUT2D eigenvalue weighted by molar-refractivity contribution is 7.92. The van der Waals surface area contributed by atoms with E-state index in [1.54, 1.807) is 18.2 Å². The third-order valence-electron chi connectivity index (χ3n) is 3.22. The molecule has 1 aromatic heterocycles. The van der Waals surface area contributed by atoms with Crippen LogP contribution in [-0.2, 0) is 10.0 Å². The SMILES string of the molecule is NC(=O)c1cc(S(=O)(=O)Nc2ccc3nc[nH]c3c2)ccc1O. The topological polar surface area (TPSA) is 138 Å². The summed E-state index contributed by atoms with van der Waals surface area (Å²) in [7, 11) is -3.94. The second-order valence-corrected chi connectivity index (χ2v) is 6.47. The summed E-state index contributed by atoms with van der Waals surface area (Å²) >= 11 is 0. The fourth-order valence-electron chi connectivity index (χ4n) is 2.09. The van der Waals surface area contributed by atoms with Crippen LogP contribution in [0.15, 0.2) is 47.6 Å². The first-order chi connectivity index (χ1) is 10.9. The van der Waals surface area contributed by atoms with Crippen molar-refractivity contribution in [1.82, 2.24) is 9.97 Å². The Bertz CT molecular complexity index is 1010. The van der Waals surface area contributed by atoms with Gasteiger partial charge >= 0.3 is 0 Å². The Hall–Kier alpha value is -3.07. The number of nitrogens with zero attached hydrogens (tertiary/aromatic N) is 1. The van der Waals surface area contributed by atoms with Gasteiger partial charge in [-0.2, -0.15) is 0 Å². The van der Waals surface area contributed by atoms with Gasteiger partial charge in [0.2, 0.25) is 0 Å². The van der Waals surface area contributed by atoms with Crippen LogP contribution in [0.25, 0.3) is 11.0 Å². The first kappa shape index (κ1) is 14.9. The van der Waals surface area contributed by atoms with Crippen molar-refractivity contribution in [2.75, 3.05) is 4.72 Å². The predicted octanol–water partition coefficient (Wildman–Crippen LogP) is 1.17. The summed E-state index contributed by atoms with van der Waals surface area (Å²) in [5.41, 5.74) is 6.54. The number of imidazole rings is 1. The van der Waals surface area contributed by atoms with E-state index in [1.165, 1.54) is 12.4 Å². The van der Waals surface area contributed by atoms with Gasteiger partial charge in [-0.25, -0.2) is 13.4 Å². The minimum atomic E-state index is -3.94. The number of aromatic nitrogens is 2. The van der Waals surface area contributed by atoms with Crippen molar-refractivity contribution < 1.29 is 18.3 Å². The summed E-state index contributed by atoms with van der Waals surface area (Å²) in [6, 6.07) is 8.13. The van der Waals surface area contributed by atoms with Gasteiger partial charge in [0.05, 0.1) is 33.5 Å². The average Bonchev–Trinajstić information content (AvgIpc) is 2.94. The maximum atomic E-state index is 12.4. The summed E-state index contributed by atoms with van der Waals surface area (Å²) in [6.07, 6.45) is 1.50. The average molecular weight is 332 g/mol. The van der Waals surface area contributed by atoms with Crippen LogP contribution in [0.4, 0.5) is 5.69 Å². The maximum Gasteiger partial charge on any atom is 0.261 e. The zero-order valence-electron chi connectivity index (χ0n) is 11.6. The molecule has 0 saturated carbocycles. The van der Waals surface area contributed by atoms with Crippen LogP contribution < -0.4 is 10.5 Å². The fraction of sp³-hybridized carbons (Fsp3) is 0. The number of hydrogen-bond donors (Lipinski definition) is 4. The number of aromatic amines is 1. The molecule has 1 amide bonds. The third kappa shape index (κ3) is 2.81. The molecule has 2 aromatic carbocycles. The molecule has 0 aliphatic heterocycles. The molecule has 8 nitrogen and oxygen atoms in total. The molecule has 0 fully saturated rings. The molecule has 0 spiro atoms. The number of amides is 1. The van der Waals surface area contributed by atoms with Crippen molar-refractivity contribution in [2.45, 2.75) is 4.90 Å². The monoisotopic (exact) mass is 332 g/mol. The Labute approximate surface area is 131 Å². The van der Waals surface area contributed by atoms with Crippen molar-refractivity contribution in [3.63, 3.8) is 0 Å². The molecule has 3 aromatic rings. The zero-order valence-corrected chi connectivity index (χ0v) is 12.5. The second kappa shape index (κ2) is 5.29. The first-order valence-electron chi connectivity index (χ1n) is 6.45. The molecule has 118 valence electrons. The number of primary amides is 1. The van der Waals surface area contributed by atoms with Crippen LogP contribution in [0, 0.1) is 0 Å². The normalized spacial score (nSPS) is 11.5. The predicted molar refractivity (Wildman–Crippen MR) is 83.5 cm³/mol. The summed E-state index contributed by atoms with van der Waals surface area (Å²) in [4.78, 5) is 17.9. The van der Waals surface area contributed by atoms with E-state index in [1.807, 2.05) is 0 Å². The minimum Gasteiger partial charge on any atom is -0.507 e. The van der Waals surface area contributed by atoms with E-state index in [9.17, 15) is 18.3 Å². The maximum absolute atomic E-state index is 12.4. The largest absolute Gasteiger partial charge is 0.507 e. The van der Waals surface area contributed by atoms with Gasteiger partial charge in [0.15, 0.2) is 0 Å². The molecule has 1 heterocycles. The standard InChI is InChI=1S/C14H12N4O4S/c15-14(20)10-6-9(2-4-13(10)19)23(21,22)18-8-1-3-11-12(5-8)17-7-16-11/h1-7,18-19H,(H2,15,20)(H,16,17). The molecule has 0 aliphatic rings. The number of hydrogen-bond acceptors (Lipinski definition) is 5. The Morgan fingerprint density at radius 2 is 2.00 bits per heavy atom. The summed E-state index contributed by atoms with van der Waals surface area (Å²) in [5.74, 6) is -1.30. The van der Waals surface area contributed by atoms with E-state index >= 15 is 0 Å². The van der Waals surface area contributed by atoms with E-state index in [0.29, 0.717) is 16.7 Å². The van der Waals surface area contributed by atoms with Crippen molar-refractivity contribution >= 4 is 32.7 Å². The van der Waals surface area contributed by atoms with Gasteiger partial charge in [0.25, 0.3) is 15.9 Å². The number of sulfonamides is 1. The molecular weight excluding hydrogens is 320 g/mol. The van der Waals surface area contributed by atoms with Gasteiger partial charge in [-0.05, 0) is 36.4 Å². The van der Waals surface area contributed by atoms with E-state index in [0.717, 1.165) is 12.1 Å². The molecule has 0 radical (unpaired) electrons. The molecule has 5 N–H and O–H groups in total. The Kier molecular flexibility index (Phi) is 3.41. The lowest BCUT2D eigenvalue weighted by atomic mass is 10.2. The van der Waals surface area contributed by atoms with Crippen molar-refractivity contribution in [3.8, 4) is 5.75 Å². The number of anilines is 1. The third-order valence-corrected chi connectivity index (χ3v) is 4.60. The minimum absolute atomic E-state index is 0.186. The van der Waals surface area contributed by atoms with Crippen LogP contribution in [0.3, 0.4) is 0 Å². The lowest BCUT2D eigenvalue weighted by Crippen LogP contribution is -2.16. The van der Waals surface area contributed by atoms with Gasteiger partial charge in [-0.15, -0.1) is 0 Å². The number of carbonyl (C=O) groups is 1. The smallest absolute Gasteiger partial charge is 0.261 e. The number of H-pyrrole nitrogens is 1. The Morgan fingerprint density at radius 1 is 1.22 bits per heavy atom. The number of benzene rings is 2. The highest BCUT2D eigenvalue weighted by atomic mass is 32.2. The molecule has 0 unspecified atom stereocenters. The quantitative estimate of drug-likeness (QED) is 0.568. The van der Waals surface area contributed by atoms with Gasteiger partial charge in [0.1, 0.15) is 5.75 Å². The van der Waals surface area contributed by atoms with Crippen LogP contribution in [0.2, 0.25) is 0 Å². The highest BCUT2D eigenvalue weighted by Crippen LogP contribution is 2.24. The van der Waals surface area contributed by atoms with Crippen LogP contribution in [0.1, 0.15) is 10.4 Å². The van der Waals surface area contributed by atoms with E-state index in [2.05, 4.69) is 14.7 Å². The zero-order chi connectivity index (χ0) is 16.6. The van der Waals surface area contributed by atoms with Crippen molar-refractivity contribution in [2.24, 2.45) is 5.73 Å². The Balaban J connectivity index is 1.98. The van der Waals surface area contributed by atoms with Gasteiger partial charge in [-0.1, -0.05) is 0 Å². The van der Waals surface area contributed by atoms with E-state index < -0.39 is 15.9 Å². The number of carbonyl (C=O) groups excluding carboxylic acids is 1. The second-order valence-electron chi connectivity index (χ2n) is 4.78.